The number of hydrogen-bond donors (Lipinski definition) is 2. The first kappa shape index (κ1) is 14.7. The van der Waals surface area contributed by atoms with Crippen molar-refractivity contribution >= 4 is 53.5 Å². The number of nitrogen functional groups attached to an aromatic ring is 2. The Kier molecular flexibility index (Phi) is 4.66. The molecule has 0 saturated carbocycles. The van der Waals surface area contributed by atoms with Crippen LogP contribution < -0.4 is 15.9 Å². The Morgan fingerprint density at radius 3 is 1.90 bits per heavy atom. The van der Waals surface area contributed by atoms with E-state index < -0.39 is 0 Å². The molecule has 21 heavy (non-hydrogen) atoms. The number of rotatable bonds is 5. The summed E-state index contributed by atoms with van der Waals surface area (Å²) in [7, 11) is 0. The summed E-state index contributed by atoms with van der Waals surface area (Å²) in [5, 5.41) is 5.22. The molecule has 0 unspecified atom stereocenters. The zero-order valence-electron chi connectivity index (χ0n) is 11.4. The Hall–Kier alpha value is -1.26. The molecule has 3 aromatic rings. The van der Waals surface area contributed by atoms with E-state index in [-0.39, 0.29) is 0 Å². The van der Waals surface area contributed by atoms with Crippen molar-refractivity contribution in [2.24, 2.45) is 0 Å². The molecule has 2 aromatic heterocycles. The first-order valence-electron chi connectivity index (χ1n) is 6.59. The van der Waals surface area contributed by atoms with Gasteiger partial charge in [0.15, 0.2) is 0 Å². The summed E-state index contributed by atoms with van der Waals surface area (Å²) in [4.78, 5) is 2.50. The van der Waals surface area contributed by atoms with Crippen molar-refractivity contribution in [2.75, 3.05) is 11.5 Å². The molecule has 4 N–H and O–H groups in total. The molecule has 0 bridgehead atoms. The van der Waals surface area contributed by atoms with Gasteiger partial charge in [-0.2, -0.15) is 0 Å². The summed E-state index contributed by atoms with van der Waals surface area (Å²) < 4.78 is 1.42. The van der Waals surface area contributed by atoms with Gasteiger partial charge < -0.3 is 0 Å². The fraction of sp³-hybridized carbons (Fsp3) is 0.125. The number of nitrogens with two attached hydrogens (primary N) is 2. The van der Waals surface area contributed by atoms with E-state index in [2.05, 4.69) is 41.1 Å². The number of hydrogen-bond acceptors (Lipinski definition) is 4. The molecule has 0 aliphatic rings. The Morgan fingerprint density at radius 1 is 0.857 bits per heavy atom. The number of thiophene rings is 2. The fourth-order valence-electron chi connectivity index (χ4n) is 2.19. The summed E-state index contributed by atoms with van der Waals surface area (Å²) in [5.74, 6) is 0.324. The molecule has 0 radical (unpaired) electrons. The second kappa shape index (κ2) is 6.67. The summed E-state index contributed by atoms with van der Waals surface area (Å²) in [6.45, 7) is 0. The van der Waals surface area contributed by atoms with Crippen LogP contribution in [-0.2, 0) is 0 Å². The van der Waals surface area contributed by atoms with Gasteiger partial charge in [-0.05, 0) is 0 Å². The van der Waals surface area contributed by atoms with Gasteiger partial charge in [0.25, 0.3) is 0 Å². The van der Waals surface area contributed by atoms with Crippen LogP contribution in [-0.4, -0.2) is 15.0 Å². The molecule has 0 atom stereocenters. The maximum atomic E-state index is 6.15. The zero-order valence-corrected chi connectivity index (χ0v) is 14.7. The summed E-state index contributed by atoms with van der Waals surface area (Å²) >= 11 is 3.89. The third-order valence-electron chi connectivity index (χ3n) is 3.25. The first-order chi connectivity index (χ1) is 10.3. The van der Waals surface area contributed by atoms with Crippen molar-refractivity contribution in [1.29, 1.82) is 0 Å². The minimum atomic E-state index is 0.324. The summed E-state index contributed by atoms with van der Waals surface area (Å²) in [6, 6.07) is 14.7. The molecule has 2 heterocycles. The van der Waals surface area contributed by atoms with Gasteiger partial charge in [0.1, 0.15) is 0 Å². The van der Waals surface area contributed by atoms with E-state index in [4.69, 9.17) is 11.5 Å². The van der Waals surface area contributed by atoms with Crippen LogP contribution in [0, 0.1) is 0 Å². The zero-order chi connectivity index (χ0) is 14.7. The monoisotopic (exact) mass is 380 g/mol. The number of benzene rings is 1. The van der Waals surface area contributed by atoms with Crippen LogP contribution in [0.25, 0.3) is 0 Å². The first-order valence-corrected chi connectivity index (χ1v) is 10.4. The molecule has 0 amide bonds. The van der Waals surface area contributed by atoms with Crippen LogP contribution in [0.5, 0.6) is 0 Å². The third kappa shape index (κ3) is 3.33. The van der Waals surface area contributed by atoms with Crippen molar-refractivity contribution in [3.8, 4) is 0 Å². The fourth-order valence-corrected chi connectivity index (χ4v) is 6.79. The molecule has 2 nitrogen and oxygen atoms in total. The van der Waals surface area contributed by atoms with E-state index in [9.17, 15) is 0 Å². The van der Waals surface area contributed by atoms with Gasteiger partial charge in [-0.3, -0.25) is 0 Å². The summed E-state index contributed by atoms with van der Waals surface area (Å²) in [6.07, 6.45) is 0. The molecule has 0 aliphatic heterocycles. The molecule has 108 valence electrons. The minimum absolute atomic E-state index is 0.324. The topological polar surface area (TPSA) is 52.0 Å². The van der Waals surface area contributed by atoms with Crippen LogP contribution in [0.3, 0.4) is 0 Å². The second-order valence-electron chi connectivity index (χ2n) is 4.66. The molecule has 3 rings (SSSR count). The van der Waals surface area contributed by atoms with Crippen molar-refractivity contribution in [3.05, 3.63) is 63.0 Å². The second-order valence-corrected chi connectivity index (χ2v) is 8.85. The van der Waals surface area contributed by atoms with Crippen molar-refractivity contribution in [3.63, 3.8) is 0 Å². The normalized spacial score (nSPS) is 11.1. The molecule has 1 aromatic carbocycles. The van der Waals surface area contributed by atoms with Crippen LogP contribution in [0.2, 0.25) is 5.32 Å². The Morgan fingerprint density at radius 2 is 1.43 bits per heavy atom. The number of anilines is 2. The van der Waals surface area contributed by atoms with E-state index in [1.165, 1.54) is 14.2 Å². The van der Waals surface area contributed by atoms with E-state index in [1.54, 1.807) is 22.7 Å². The Bertz CT molecular complexity index is 666. The predicted molar refractivity (Wildman–Crippen MR) is 95.9 cm³/mol. The Balaban J connectivity index is 1.87. The molecule has 0 spiro atoms. The molecular formula is C16H16N2S2Se. The van der Waals surface area contributed by atoms with Crippen molar-refractivity contribution in [2.45, 2.75) is 11.2 Å². The van der Waals surface area contributed by atoms with Crippen LogP contribution in [0.1, 0.15) is 15.7 Å². The average Bonchev–Trinajstić information content (AvgIpc) is 3.11. The van der Waals surface area contributed by atoms with E-state index in [1.807, 2.05) is 12.1 Å². The van der Waals surface area contributed by atoms with Crippen LogP contribution in [0.4, 0.5) is 11.4 Å². The molecule has 0 saturated heterocycles. The van der Waals surface area contributed by atoms with Gasteiger partial charge in [0, 0.05) is 0 Å². The summed E-state index contributed by atoms with van der Waals surface area (Å²) in [5.41, 5.74) is 14.1. The third-order valence-corrected chi connectivity index (χ3v) is 7.66. The average molecular weight is 379 g/mol. The molecule has 5 heteroatoms. The van der Waals surface area contributed by atoms with Gasteiger partial charge in [0.2, 0.25) is 0 Å². The van der Waals surface area contributed by atoms with E-state index in [0.717, 1.165) is 16.7 Å². The quantitative estimate of drug-likeness (QED) is 0.666. The Labute approximate surface area is 139 Å². The van der Waals surface area contributed by atoms with Gasteiger partial charge >= 0.3 is 139 Å². The van der Waals surface area contributed by atoms with E-state index in [0.29, 0.717) is 20.9 Å². The van der Waals surface area contributed by atoms with Crippen molar-refractivity contribution < 1.29 is 0 Å². The predicted octanol–water partition coefficient (Wildman–Crippen LogP) is 3.55. The molecule has 0 aliphatic carbocycles. The molecule has 0 fully saturated rings. The SMILES string of the molecule is Nc1ccsc1C(C[Se]c1ccccc1)c1sccc1N. The van der Waals surface area contributed by atoms with Gasteiger partial charge in [-0.1, -0.05) is 0 Å². The van der Waals surface area contributed by atoms with Crippen molar-refractivity contribution in [1.82, 2.24) is 0 Å². The van der Waals surface area contributed by atoms with Gasteiger partial charge in [-0.25, -0.2) is 0 Å². The van der Waals surface area contributed by atoms with Gasteiger partial charge in [0.05, 0.1) is 0 Å². The maximum absolute atomic E-state index is 6.15. The molecular weight excluding hydrogens is 363 g/mol. The standard InChI is InChI=1S/C16H16N2S2Se/c17-13-6-8-19-15(13)12(16-14(18)7-9-20-16)10-21-11-4-2-1-3-5-11/h1-9,12H,10,17-18H2. The van der Waals surface area contributed by atoms with Crippen LogP contribution >= 0.6 is 22.7 Å². The van der Waals surface area contributed by atoms with Gasteiger partial charge in [-0.15, -0.1) is 0 Å². The van der Waals surface area contributed by atoms with E-state index >= 15 is 0 Å². The van der Waals surface area contributed by atoms with Crippen LogP contribution in [0.15, 0.2) is 53.2 Å².